The highest BCUT2D eigenvalue weighted by Crippen LogP contribution is 2.31. The van der Waals surface area contributed by atoms with Gasteiger partial charge in [0.2, 0.25) is 0 Å². The molecule has 1 aromatic carbocycles. The third-order valence-corrected chi connectivity index (χ3v) is 3.46. The van der Waals surface area contributed by atoms with E-state index in [2.05, 4.69) is 15.6 Å². The van der Waals surface area contributed by atoms with Crippen LogP contribution in [0.4, 0.5) is 5.82 Å². The van der Waals surface area contributed by atoms with Crippen LogP contribution < -0.4 is 15.8 Å². The van der Waals surface area contributed by atoms with Gasteiger partial charge in [-0.1, -0.05) is 17.3 Å². The molecule has 2 aromatic rings. The highest BCUT2D eigenvalue weighted by atomic mass is 16.5. The van der Waals surface area contributed by atoms with Crippen molar-refractivity contribution in [3.05, 3.63) is 47.3 Å². The molecule has 3 rings (SSSR count). The van der Waals surface area contributed by atoms with Crippen LogP contribution in [0, 0.1) is 0 Å². The molecule has 1 aliphatic heterocycles. The van der Waals surface area contributed by atoms with Crippen molar-refractivity contribution in [3.8, 4) is 5.75 Å². The van der Waals surface area contributed by atoms with Gasteiger partial charge in [0.25, 0.3) is 5.91 Å². The molecule has 1 aliphatic rings. The Morgan fingerprint density at radius 3 is 2.61 bits per heavy atom. The Kier molecular flexibility index (Phi) is 3.45. The smallest absolute Gasteiger partial charge is 0.352 e. The molecule has 1 unspecified atom stereocenters. The maximum Gasteiger partial charge on any atom is 0.352 e. The molecule has 0 aliphatic carbocycles. The predicted octanol–water partition coefficient (Wildman–Crippen LogP) is 0.369. The number of nitrogens with two attached hydrogens (primary N) is 1. The number of nitrogens with zero attached hydrogens (tertiary/aromatic N) is 3. The van der Waals surface area contributed by atoms with Crippen LogP contribution in [0.15, 0.2) is 36.0 Å². The average molecular weight is 315 g/mol. The normalized spacial score (nSPS) is 16.0. The number of hydrogen-bond donors (Lipinski definition) is 3. The number of carbonyl (C=O) groups is 2. The lowest BCUT2D eigenvalue weighted by Gasteiger charge is -2.23. The van der Waals surface area contributed by atoms with Gasteiger partial charge in [-0.15, -0.1) is 5.10 Å². The van der Waals surface area contributed by atoms with E-state index in [9.17, 15) is 14.7 Å². The average Bonchev–Trinajstić information content (AvgIpc) is 2.98. The Hall–Kier alpha value is -3.36. The third-order valence-electron chi connectivity index (χ3n) is 3.46. The summed E-state index contributed by atoms with van der Waals surface area (Å²) in [6.07, 6.45) is 1.48. The third kappa shape index (κ3) is 2.48. The van der Waals surface area contributed by atoms with Crippen molar-refractivity contribution in [2.24, 2.45) is 5.73 Å². The van der Waals surface area contributed by atoms with Crippen LogP contribution in [-0.4, -0.2) is 39.1 Å². The van der Waals surface area contributed by atoms with Gasteiger partial charge in [0.05, 0.1) is 7.11 Å². The largest absolute Gasteiger partial charge is 0.497 e. The van der Waals surface area contributed by atoms with E-state index in [0.29, 0.717) is 5.75 Å². The summed E-state index contributed by atoms with van der Waals surface area (Å²) in [4.78, 5) is 22.7. The summed E-state index contributed by atoms with van der Waals surface area (Å²) in [5, 5.41) is 19.5. The number of hydrogen-bond acceptors (Lipinski definition) is 6. The molecule has 23 heavy (non-hydrogen) atoms. The number of rotatable bonds is 4. The van der Waals surface area contributed by atoms with E-state index in [1.54, 1.807) is 31.4 Å². The number of primary amides is 1. The topological polar surface area (TPSA) is 132 Å². The summed E-state index contributed by atoms with van der Waals surface area (Å²) in [6.45, 7) is 0. The van der Waals surface area contributed by atoms with Crippen molar-refractivity contribution in [3.63, 3.8) is 0 Å². The van der Waals surface area contributed by atoms with Gasteiger partial charge in [-0.25, -0.2) is 9.48 Å². The fraction of sp³-hybridized carbons (Fsp3) is 0.143. The Labute approximate surface area is 130 Å². The SMILES string of the molecule is COc1ccc(C2C=C(C(=O)O)Nc3c(C(N)=O)nnn32)cc1. The lowest BCUT2D eigenvalue weighted by atomic mass is 10.0. The number of carbonyl (C=O) groups excluding carboxylic acids is 1. The summed E-state index contributed by atoms with van der Waals surface area (Å²) >= 11 is 0. The summed E-state index contributed by atoms with van der Waals surface area (Å²) < 4.78 is 6.51. The molecule has 1 aromatic heterocycles. The van der Waals surface area contributed by atoms with Crippen LogP contribution in [0.1, 0.15) is 22.1 Å². The molecule has 0 spiro atoms. The van der Waals surface area contributed by atoms with E-state index in [1.807, 2.05) is 0 Å². The van der Waals surface area contributed by atoms with Crippen molar-refractivity contribution in [1.29, 1.82) is 0 Å². The fourth-order valence-electron chi connectivity index (χ4n) is 2.33. The first-order chi connectivity index (χ1) is 11.0. The van der Waals surface area contributed by atoms with E-state index in [1.165, 1.54) is 10.8 Å². The van der Waals surface area contributed by atoms with Gasteiger partial charge < -0.3 is 20.9 Å². The first-order valence-corrected chi connectivity index (χ1v) is 6.62. The Morgan fingerprint density at radius 2 is 2.04 bits per heavy atom. The zero-order valence-corrected chi connectivity index (χ0v) is 12.1. The van der Waals surface area contributed by atoms with Gasteiger partial charge >= 0.3 is 5.97 Å². The van der Waals surface area contributed by atoms with Gasteiger partial charge in [-0.05, 0) is 23.8 Å². The van der Waals surface area contributed by atoms with Crippen molar-refractivity contribution in [2.45, 2.75) is 6.04 Å². The zero-order chi connectivity index (χ0) is 16.6. The lowest BCUT2D eigenvalue weighted by Crippen LogP contribution is -2.25. The number of aromatic nitrogens is 3. The minimum Gasteiger partial charge on any atom is -0.497 e. The number of fused-ring (bicyclic) bond motifs is 1. The highest BCUT2D eigenvalue weighted by Gasteiger charge is 2.29. The van der Waals surface area contributed by atoms with E-state index in [0.717, 1.165) is 5.56 Å². The molecule has 4 N–H and O–H groups in total. The number of carboxylic acids is 1. The molecule has 2 heterocycles. The maximum atomic E-state index is 11.4. The number of allylic oxidation sites excluding steroid dienone is 1. The van der Waals surface area contributed by atoms with Gasteiger partial charge in [-0.3, -0.25) is 4.79 Å². The summed E-state index contributed by atoms with van der Waals surface area (Å²) in [5.74, 6) is -1.13. The minimum atomic E-state index is -1.16. The van der Waals surface area contributed by atoms with E-state index in [-0.39, 0.29) is 17.2 Å². The van der Waals surface area contributed by atoms with Crippen LogP contribution in [-0.2, 0) is 4.79 Å². The fourth-order valence-corrected chi connectivity index (χ4v) is 2.33. The van der Waals surface area contributed by atoms with Gasteiger partial charge in [0.15, 0.2) is 11.5 Å². The van der Waals surface area contributed by atoms with Crippen LogP contribution in [0.3, 0.4) is 0 Å². The molecule has 9 heteroatoms. The number of nitrogens with one attached hydrogen (secondary N) is 1. The highest BCUT2D eigenvalue weighted by molar-refractivity contribution is 5.98. The standard InChI is InChI=1S/C14H13N5O4/c1-23-8-4-2-7(3-5-8)10-6-9(14(21)22)16-13-11(12(15)20)17-18-19(10)13/h2-6,10,16H,1H3,(H2,15,20)(H,21,22). The second-order valence-corrected chi connectivity index (χ2v) is 4.82. The van der Waals surface area contributed by atoms with E-state index in [4.69, 9.17) is 10.5 Å². The summed E-state index contributed by atoms with van der Waals surface area (Å²) in [6, 6.07) is 6.51. The first-order valence-electron chi connectivity index (χ1n) is 6.62. The number of benzene rings is 1. The number of amides is 1. The number of aliphatic carboxylic acids is 1. The van der Waals surface area contributed by atoms with Gasteiger partial charge in [-0.2, -0.15) is 0 Å². The minimum absolute atomic E-state index is 0.0804. The number of ether oxygens (including phenoxy) is 1. The second kappa shape index (κ2) is 5.44. The quantitative estimate of drug-likeness (QED) is 0.742. The van der Waals surface area contributed by atoms with Crippen molar-refractivity contribution >= 4 is 17.7 Å². The number of anilines is 1. The zero-order valence-electron chi connectivity index (χ0n) is 12.1. The van der Waals surface area contributed by atoms with Gasteiger partial charge in [0.1, 0.15) is 17.5 Å². The second-order valence-electron chi connectivity index (χ2n) is 4.82. The van der Waals surface area contributed by atoms with Crippen molar-refractivity contribution in [2.75, 3.05) is 12.4 Å². The molecule has 1 atom stereocenters. The molecule has 0 fully saturated rings. The van der Waals surface area contributed by atoms with Crippen LogP contribution in [0.25, 0.3) is 0 Å². The number of carboxylic acid groups (broad SMARTS) is 1. The first kappa shape index (κ1) is 14.6. The summed E-state index contributed by atoms with van der Waals surface area (Å²) in [5.41, 5.74) is 5.81. The summed E-state index contributed by atoms with van der Waals surface area (Å²) in [7, 11) is 1.55. The monoisotopic (exact) mass is 315 g/mol. The van der Waals surface area contributed by atoms with Crippen LogP contribution >= 0.6 is 0 Å². The molecule has 9 nitrogen and oxygen atoms in total. The molecule has 1 amide bonds. The van der Waals surface area contributed by atoms with Crippen LogP contribution in [0.2, 0.25) is 0 Å². The Morgan fingerprint density at radius 1 is 1.35 bits per heavy atom. The Bertz CT molecular complexity index is 809. The molecule has 0 saturated heterocycles. The predicted molar refractivity (Wildman–Crippen MR) is 79.0 cm³/mol. The molecule has 0 saturated carbocycles. The molecule has 0 radical (unpaired) electrons. The van der Waals surface area contributed by atoms with Gasteiger partial charge in [0, 0.05) is 0 Å². The maximum absolute atomic E-state index is 11.4. The van der Waals surface area contributed by atoms with E-state index < -0.39 is 17.9 Å². The lowest BCUT2D eigenvalue weighted by molar-refractivity contribution is -0.132. The molecular formula is C14H13N5O4. The van der Waals surface area contributed by atoms with Crippen molar-refractivity contribution < 1.29 is 19.4 Å². The number of methoxy groups -OCH3 is 1. The van der Waals surface area contributed by atoms with Crippen molar-refractivity contribution in [1.82, 2.24) is 15.0 Å². The molecular weight excluding hydrogens is 302 g/mol. The molecule has 0 bridgehead atoms. The molecule has 118 valence electrons. The Balaban J connectivity index is 2.11. The van der Waals surface area contributed by atoms with Crippen LogP contribution in [0.5, 0.6) is 5.75 Å². The van der Waals surface area contributed by atoms with E-state index >= 15 is 0 Å².